The summed E-state index contributed by atoms with van der Waals surface area (Å²) in [6, 6.07) is 0. The lowest BCUT2D eigenvalue weighted by Crippen LogP contribution is -2.49. The Kier molecular flexibility index (Phi) is 2.75. The largest absolute Gasteiger partial charge is 0.355 e. The summed E-state index contributed by atoms with van der Waals surface area (Å²) in [5.41, 5.74) is 0.234. The van der Waals surface area contributed by atoms with E-state index >= 15 is 0 Å². The van der Waals surface area contributed by atoms with Gasteiger partial charge < -0.3 is 10.6 Å². The van der Waals surface area contributed by atoms with Gasteiger partial charge in [0, 0.05) is 13.1 Å². The van der Waals surface area contributed by atoms with Gasteiger partial charge in [0.25, 0.3) is 0 Å². The highest BCUT2D eigenvalue weighted by atomic mass is 16.2. The molecular formula is C12H22N2O. The molecule has 1 atom stereocenters. The van der Waals surface area contributed by atoms with Crippen LogP contribution in [0.25, 0.3) is 0 Å². The van der Waals surface area contributed by atoms with Crippen molar-refractivity contribution in [3.8, 4) is 0 Å². The van der Waals surface area contributed by atoms with Gasteiger partial charge in [-0.3, -0.25) is 4.79 Å². The molecule has 2 N–H and O–H groups in total. The Labute approximate surface area is 92.0 Å². The molecular weight excluding hydrogens is 188 g/mol. The minimum Gasteiger partial charge on any atom is -0.355 e. The normalized spacial score (nSPS) is 33.5. The average molecular weight is 210 g/mol. The summed E-state index contributed by atoms with van der Waals surface area (Å²) in [6.45, 7) is 7.07. The fourth-order valence-corrected chi connectivity index (χ4v) is 2.15. The zero-order valence-corrected chi connectivity index (χ0v) is 9.86. The summed E-state index contributed by atoms with van der Waals surface area (Å²) < 4.78 is 0. The average Bonchev–Trinajstić information content (AvgIpc) is 2.95. The smallest absolute Gasteiger partial charge is 0.227 e. The third-order valence-electron chi connectivity index (χ3n) is 3.92. The van der Waals surface area contributed by atoms with E-state index in [-0.39, 0.29) is 11.3 Å². The van der Waals surface area contributed by atoms with E-state index < -0.39 is 0 Å². The highest BCUT2D eigenvalue weighted by Gasteiger charge is 2.40. The van der Waals surface area contributed by atoms with Crippen molar-refractivity contribution in [2.45, 2.75) is 39.5 Å². The van der Waals surface area contributed by atoms with Crippen LogP contribution in [0.2, 0.25) is 0 Å². The standard InChI is InChI=1S/C12H22N2O/c1-11(5-6-11)8-14-10(15)12(2)4-3-7-13-9-12/h13H,3-9H2,1-2H3,(H,14,15). The number of carbonyl (C=O) groups is 1. The van der Waals surface area contributed by atoms with Crippen LogP contribution in [-0.2, 0) is 4.79 Å². The highest BCUT2D eigenvalue weighted by Crippen LogP contribution is 2.44. The second-order valence-electron chi connectivity index (χ2n) is 5.83. The maximum atomic E-state index is 12.0. The van der Waals surface area contributed by atoms with E-state index in [0.717, 1.165) is 32.5 Å². The number of rotatable bonds is 3. The summed E-state index contributed by atoms with van der Waals surface area (Å²) in [5.74, 6) is 0.239. The molecule has 0 spiro atoms. The van der Waals surface area contributed by atoms with Crippen LogP contribution in [-0.4, -0.2) is 25.5 Å². The predicted molar refractivity (Wildman–Crippen MR) is 60.6 cm³/mol. The topological polar surface area (TPSA) is 41.1 Å². The molecule has 3 nitrogen and oxygen atoms in total. The van der Waals surface area contributed by atoms with E-state index in [9.17, 15) is 4.79 Å². The Morgan fingerprint density at radius 3 is 2.60 bits per heavy atom. The van der Waals surface area contributed by atoms with Gasteiger partial charge in [-0.1, -0.05) is 6.92 Å². The first-order valence-corrected chi connectivity index (χ1v) is 6.03. The molecule has 0 radical (unpaired) electrons. The maximum Gasteiger partial charge on any atom is 0.227 e. The van der Waals surface area contributed by atoms with Crippen molar-refractivity contribution in [2.75, 3.05) is 19.6 Å². The second kappa shape index (κ2) is 3.78. The van der Waals surface area contributed by atoms with Crippen molar-refractivity contribution >= 4 is 5.91 Å². The van der Waals surface area contributed by atoms with Crippen molar-refractivity contribution in [3.05, 3.63) is 0 Å². The minimum absolute atomic E-state index is 0.177. The quantitative estimate of drug-likeness (QED) is 0.737. The summed E-state index contributed by atoms with van der Waals surface area (Å²) in [6.07, 6.45) is 4.66. The van der Waals surface area contributed by atoms with Gasteiger partial charge in [0.2, 0.25) is 5.91 Å². The van der Waals surface area contributed by atoms with Gasteiger partial charge in [0.05, 0.1) is 5.41 Å². The Hall–Kier alpha value is -0.570. The minimum atomic E-state index is -0.177. The lowest BCUT2D eigenvalue weighted by molar-refractivity contribution is -0.131. The SMILES string of the molecule is CC1(CNC(=O)C2(C)CCCNC2)CC1. The van der Waals surface area contributed by atoms with Gasteiger partial charge in [-0.05, 0) is 44.6 Å². The molecule has 2 fully saturated rings. The number of piperidine rings is 1. The first-order chi connectivity index (χ1) is 7.04. The molecule has 1 heterocycles. The summed E-state index contributed by atoms with van der Waals surface area (Å²) >= 11 is 0. The molecule has 86 valence electrons. The predicted octanol–water partition coefficient (Wildman–Crippen LogP) is 1.29. The van der Waals surface area contributed by atoms with Gasteiger partial charge in [-0.25, -0.2) is 0 Å². The Bertz CT molecular complexity index is 252. The van der Waals surface area contributed by atoms with E-state index in [1.54, 1.807) is 0 Å². The second-order valence-corrected chi connectivity index (χ2v) is 5.83. The number of hydrogen-bond donors (Lipinski definition) is 2. The van der Waals surface area contributed by atoms with E-state index in [0.29, 0.717) is 5.41 Å². The fourth-order valence-electron chi connectivity index (χ4n) is 2.15. The van der Waals surface area contributed by atoms with Crippen LogP contribution in [0.4, 0.5) is 0 Å². The van der Waals surface area contributed by atoms with Gasteiger partial charge in [-0.2, -0.15) is 0 Å². The zero-order chi connectivity index (χ0) is 10.9. The monoisotopic (exact) mass is 210 g/mol. The third kappa shape index (κ3) is 2.51. The van der Waals surface area contributed by atoms with Gasteiger partial charge >= 0.3 is 0 Å². The fraction of sp³-hybridized carbons (Fsp3) is 0.917. The molecule has 1 aliphatic carbocycles. The van der Waals surface area contributed by atoms with Crippen LogP contribution in [0.3, 0.4) is 0 Å². The number of carbonyl (C=O) groups excluding carboxylic acids is 1. The van der Waals surface area contributed by atoms with Crippen molar-refractivity contribution in [1.29, 1.82) is 0 Å². The van der Waals surface area contributed by atoms with Crippen LogP contribution in [0.15, 0.2) is 0 Å². The highest BCUT2D eigenvalue weighted by molar-refractivity contribution is 5.82. The van der Waals surface area contributed by atoms with Gasteiger partial charge in [0.15, 0.2) is 0 Å². The van der Waals surface area contributed by atoms with Crippen molar-refractivity contribution < 1.29 is 4.79 Å². The molecule has 0 aromatic rings. The van der Waals surface area contributed by atoms with Gasteiger partial charge in [-0.15, -0.1) is 0 Å². The molecule has 0 aromatic heterocycles. The van der Waals surface area contributed by atoms with E-state index in [1.807, 2.05) is 0 Å². The Morgan fingerprint density at radius 2 is 2.07 bits per heavy atom. The number of amides is 1. The third-order valence-corrected chi connectivity index (χ3v) is 3.92. The zero-order valence-electron chi connectivity index (χ0n) is 9.86. The van der Waals surface area contributed by atoms with Crippen molar-refractivity contribution in [2.24, 2.45) is 10.8 Å². The summed E-state index contributed by atoms with van der Waals surface area (Å²) in [7, 11) is 0. The summed E-state index contributed by atoms with van der Waals surface area (Å²) in [5, 5.41) is 6.42. The first-order valence-electron chi connectivity index (χ1n) is 6.03. The van der Waals surface area contributed by atoms with E-state index in [2.05, 4.69) is 24.5 Å². The molecule has 1 unspecified atom stereocenters. The van der Waals surface area contributed by atoms with Crippen LogP contribution >= 0.6 is 0 Å². The Balaban J connectivity index is 1.83. The van der Waals surface area contributed by atoms with Crippen molar-refractivity contribution in [3.63, 3.8) is 0 Å². The molecule has 0 aromatic carbocycles. The van der Waals surface area contributed by atoms with E-state index in [4.69, 9.17) is 0 Å². The van der Waals surface area contributed by atoms with Gasteiger partial charge in [0.1, 0.15) is 0 Å². The molecule has 2 aliphatic rings. The molecule has 2 rings (SSSR count). The van der Waals surface area contributed by atoms with Crippen LogP contribution in [0.1, 0.15) is 39.5 Å². The Morgan fingerprint density at radius 1 is 1.33 bits per heavy atom. The van der Waals surface area contributed by atoms with E-state index in [1.165, 1.54) is 12.8 Å². The van der Waals surface area contributed by atoms with Crippen LogP contribution in [0.5, 0.6) is 0 Å². The summed E-state index contributed by atoms with van der Waals surface area (Å²) in [4.78, 5) is 12.0. The molecule has 1 amide bonds. The number of nitrogens with one attached hydrogen (secondary N) is 2. The molecule has 3 heteroatoms. The molecule has 1 saturated heterocycles. The maximum absolute atomic E-state index is 12.0. The molecule has 0 bridgehead atoms. The number of hydrogen-bond acceptors (Lipinski definition) is 2. The lowest BCUT2D eigenvalue weighted by Gasteiger charge is -2.33. The molecule has 15 heavy (non-hydrogen) atoms. The lowest BCUT2D eigenvalue weighted by atomic mass is 9.82. The van der Waals surface area contributed by atoms with Crippen LogP contribution < -0.4 is 10.6 Å². The molecule has 1 aliphatic heterocycles. The van der Waals surface area contributed by atoms with Crippen molar-refractivity contribution in [1.82, 2.24) is 10.6 Å². The first kappa shape index (κ1) is 10.9. The molecule has 1 saturated carbocycles. The van der Waals surface area contributed by atoms with Crippen LogP contribution in [0, 0.1) is 10.8 Å².